The van der Waals surface area contributed by atoms with E-state index in [0.29, 0.717) is 11.8 Å². The summed E-state index contributed by atoms with van der Waals surface area (Å²) in [4.78, 5) is 12.3. The Bertz CT molecular complexity index is 523. The Morgan fingerprint density at radius 1 is 1.00 bits per heavy atom. The number of aromatic nitrogens is 2. The molecule has 1 aliphatic heterocycles. The molecule has 3 heteroatoms. The molecule has 0 radical (unpaired) electrons. The zero-order valence-electron chi connectivity index (χ0n) is 13.4. The molecule has 0 aromatic carbocycles. The van der Waals surface area contributed by atoms with Gasteiger partial charge in [0.15, 0.2) is 0 Å². The molecule has 3 nitrogen and oxygen atoms in total. The van der Waals surface area contributed by atoms with E-state index < -0.39 is 0 Å². The molecule has 3 unspecified atom stereocenters. The largest absolute Gasteiger partial charge is 0.306 e. The van der Waals surface area contributed by atoms with Gasteiger partial charge in [0.05, 0.1) is 0 Å². The van der Waals surface area contributed by atoms with Crippen LogP contribution in [0.15, 0.2) is 6.07 Å². The van der Waals surface area contributed by atoms with Gasteiger partial charge in [-0.25, -0.2) is 9.97 Å². The van der Waals surface area contributed by atoms with Crippen LogP contribution in [0.1, 0.15) is 67.6 Å². The highest BCUT2D eigenvalue weighted by molar-refractivity contribution is 5.19. The van der Waals surface area contributed by atoms with Crippen molar-refractivity contribution < 1.29 is 0 Å². The number of hydrogen-bond donors (Lipinski definition) is 0. The SMILES string of the molecule is Cc1cc(C2CCC3CCC2CN(C)C3)nc(C2CC2)n1. The maximum Gasteiger partial charge on any atom is 0.131 e. The fourth-order valence-corrected chi connectivity index (χ4v) is 4.48. The van der Waals surface area contributed by atoms with Crippen LogP contribution in [0.25, 0.3) is 0 Å². The van der Waals surface area contributed by atoms with E-state index in [1.165, 1.54) is 63.0 Å². The van der Waals surface area contributed by atoms with Crippen LogP contribution in [-0.4, -0.2) is 35.0 Å². The Kier molecular flexibility index (Phi) is 3.49. The molecule has 4 rings (SSSR count). The molecule has 114 valence electrons. The van der Waals surface area contributed by atoms with Crippen molar-refractivity contribution in [3.63, 3.8) is 0 Å². The molecule has 1 saturated heterocycles. The van der Waals surface area contributed by atoms with E-state index in [4.69, 9.17) is 4.98 Å². The van der Waals surface area contributed by atoms with Gasteiger partial charge in [-0.1, -0.05) is 0 Å². The molecule has 2 saturated carbocycles. The summed E-state index contributed by atoms with van der Waals surface area (Å²) in [6, 6.07) is 2.27. The van der Waals surface area contributed by atoms with Crippen molar-refractivity contribution in [2.45, 2.75) is 57.3 Å². The van der Waals surface area contributed by atoms with Crippen LogP contribution < -0.4 is 0 Å². The Morgan fingerprint density at radius 3 is 2.62 bits per heavy atom. The molecular formula is C18H27N3. The van der Waals surface area contributed by atoms with E-state index >= 15 is 0 Å². The lowest BCUT2D eigenvalue weighted by Crippen LogP contribution is -2.32. The number of nitrogens with zero attached hydrogens (tertiary/aromatic N) is 3. The van der Waals surface area contributed by atoms with E-state index in [-0.39, 0.29) is 0 Å². The average Bonchev–Trinajstić information content (AvgIpc) is 3.25. The summed E-state index contributed by atoms with van der Waals surface area (Å²) >= 11 is 0. The predicted molar refractivity (Wildman–Crippen MR) is 84.4 cm³/mol. The normalized spacial score (nSPS) is 33.7. The van der Waals surface area contributed by atoms with Gasteiger partial charge in [0, 0.05) is 36.3 Å². The highest BCUT2D eigenvalue weighted by Crippen LogP contribution is 2.42. The van der Waals surface area contributed by atoms with E-state index in [1.807, 2.05) is 0 Å². The zero-order valence-corrected chi connectivity index (χ0v) is 13.4. The highest BCUT2D eigenvalue weighted by atomic mass is 15.1. The number of hydrogen-bond acceptors (Lipinski definition) is 3. The number of likely N-dealkylation sites (tertiary alicyclic amines) is 1. The molecule has 0 N–H and O–H groups in total. The van der Waals surface area contributed by atoms with Gasteiger partial charge in [0.2, 0.25) is 0 Å². The molecule has 1 aromatic heterocycles. The summed E-state index contributed by atoms with van der Waals surface area (Å²) in [6.07, 6.45) is 8.12. The van der Waals surface area contributed by atoms with Crippen molar-refractivity contribution in [1.29, 1.82) is 0 Å². The molecule has 21 heavy (non-hydrogen) atoms. The maximum absolute atomic E-state index is 5.00. The van der Waals surface area contributed by atoms with Crippen molar-refractivity contribution in [3.05, 3.63) is 23.3 Å². The summed E-state index contributed by atoms with van der Waals surface area (Å²) in [5, 5.41) is 0. The van der Waals surface area contributed by atoms with Crippen LogP contribution in [0.4, 0.5) is 0 Å². The summed E-state index contributed by atoms with van der Waals surface area (Å²) in [5.41, 5.74) is 2.53. The van der Waals surface area contributed by atoms with Gasteiger partial charge >= 0.3 is 0 Å². The molecular weight excluding hydrogens is 258 g/mol. The third kappa shape index (κ3) is 2.85. The van der Waals surface area contributed by atoms with Gasteiger partial charge in [-0.3, -0.25) is 0 Å². The molecule has 2 bridgehead atoms. The van der Waals surface area contributed by atoms with Gasteiger partial charge in [-0.05, 0) is 70.4 Å². The molecule has 2 heterocycles. The molecule has 1 aromatic rings. The lowest BCUT2D eigenvalue weighted by molar-refractivity contribution is 0.219. The van der Waals surface area contributed by atoms with Crippen LogP contribution in [0.5, 0.6) is 0 Å². The molecule has 0 spiro atoms. The van der Waals surface area contributed by atoms with E-state index in [2.05, 4.69) is 29.9 Å². The second-order valence-corrected chi connectivity index (χ2v) is 7.68. The first-order valence-electron chi connectivity index (χ1n) is 8.73. The second kappa shape index (κ2) is 5.35. The van der Waals surface area contributed by atoms with Crippen molar-refractivity contribution in [2.24, 2.45) is 11.8 Å². The molecule has 3 atom stereocenters. The van der Waals surface area contributed by atoms with Crippen LogP contribution in [0, 0.1) is 18.8 Å². The first-order valence-corrected chi connectivity index (χ1v) is 8.73. The molecule has 3 aliphatic rings. The van der Waals surface area contributed by atoms with Crippen molar-refractivity contribution in [1.82, 2.24) is 14.9 Å². The lowest BCUT2D eigenvalue weighted by Gasteiger charge is -2.31. The third-order valence-corrected chi connectivity index (χ3v) is 5.73. The Labute approximate surface area is 128 Å². The number of fused-ring (bicyclic) bond motifs is 3. The monoisotopic (exact) mass is 285 g/mol. The van der Waals surface area contributed by atoms with Crippen LogP contribution in [-0.2, 0) is 0 Å². The highest BCUT2D eigenvalue weighted by Gasteiger charge is 2.35. The minimum Gasteiger partial charge on any atom is -0.306 e. The first kappa shape index (κ1) is 13.7. The summed E-state index contributed by atoms with van der Waals surface area (Å²) in [6.45, 7) is 4.70. The lowest BCUT2D eigenvalue weighted by atomic mass is 9.84. The Balaban J connectivity index is 1.65. The second-order valence-electron chi connectivity index (χ2n) is 7.68. The van der Waals surface area contributed by atoms with E-state index in [9.17, 15) is 0 Å². The number of aryl methyl sites for hydroxylation is 1. The van der Waals surface area contributed by atoms with E-state index in [0.717, 1.165) is 17.7 Å². The standard InChI is InChI=1S/C18H27N3/c1-12-9-17(20-18(19-12)14-6-7-14)16-8-4-13-3-5-15(16)11-21(2)10-13/h9,13-16H,3-8,10-11H2,1-2H3. The summed E-state index contributed by atoms with van der Waals surface area (Å²) < 4.78 is 0. The first-order chi connectivity index (χ1) is 10.2. The van der Waals surface area contributed by atoms with Crippen molar-refractivity contribution in [2.75, 3.05) is 20.1 Å². The fraction of sp³-hybridized carbons (Fsp3) is 0.778. The minimum absolute atomic E-state index is 0.663. The number of rotatable bonds is 2. The van der Waals surface area contributed by atoms with Gasteiger partial charge in [0.25, 0.3) is 0 Å². The average molecular weight is 285 g/mol. The van der Waals surface area contributed by atoms with Gasteiger partial charge < -0.3 is 4.90 Å². The Morgan fingerprint density at radius 2 is 1.81 bits per heavy atom. The predicted octanol–water partition coefficient (Wildman–Crippen LogP) is 3.50. The van der Waals surface area contributed by atoms with Gasteiger partial charge in [0.1, 0.15) is 5.82 Å². The van der Waals surface area contributed by atoms with E-state index in [1.54, 1.807) is 0 Å². The quantitative estimate of drug-likeness (QED) is 0.833. The van der Waals surface area contributed by atoms with Gasteiger partial charge in [-0.15, -0.1) is 0 Å². The summed E-state index contributed by atoms with van der Waals surface area (Å²) in [7, 11) is 2.30. The van der Waals surface area contributed by atoms with Crippen LogP contribution >= 0.6 is 0 Å². The molecule has 2 aliphatic carbocycles. The van der Waals surface area contributed by atoms with Gasteiger partial charge in [-0.2, -0.15) is 0 Å². The zero-order chi connectivity index (χ0) is 14.4. The third-order valence-electron chi connectivity index (χ3n) is 5.73. The van der Waals surface area contributed by atoms with Crippen LogP contribution in [0.2, 0.25) is 0 Å². The Hall–Kier alpha value is -0.960. The van der Waals surface area contributed by atoms with Crippen molar-refractivity contribution in [3.8, 4) is 0 Å². The van der Waals surface area contributed by atoms with Crippen LogP contribution in [0.3, 0.4) is 0 Å². The maximum atomic E-state index is 5.00. The topological polar surface area (TPSA) is 29.0 Å². The summed E-state index contributed by atoms with van der Waals surface area (Å²) in [5.74, 6) is 4.17. The molecule has 0 amide bonds. The minimum atomic E-state index is 0.663. The van der Waals surface area contributed by atoms with Crippen molar-refractivity contribution >= 4 is 0 Å². The fourth-order valence-electron chi connectivity index (χ4n) is 4.48. The smallest absolute Gasteiger partial charge is 0.131 e. The molecule has 3 fully saturated rings.